The monoisotopic (exact) mass is 975 g/mol. The Bertz CT molecular complexity index is 2930. The molecule has 1 aromatic heterocycles. The first-order valence-corrected chi connectivity index (χ1v) is 18.9. The highest BCUT2D eigenvalue weighted by molar-refractivity contribution is 7.20. The largest absolute Gasteiger partial charge is 0.220 e. The molecule has 0 aliphatic carbocycles. The molecule has 0 saturated carbocycles. The van der Waals surface area contributed by atoms with Gasteiger partial charge in [0, 0.05) is 17.2 Å². The van der Waals surface area contributed by atoms with Crippen LogP contribution < -0.4 is 26.4 Å². The van der Waals surface area contributed by atoms with Gasteiger partial charge in [-0.25, -0.2) is 87.8 Å². The molecule has 0 amide bonds. The van der Waals surface area contributed by atoms with Crippen LogP contribution in [-0.2, 0) is 6.54 Å². The molecule has 0 fully saturated rings. The maximum atomic E-state index is 15.4. The molecule has 0 atom stereocenters. The Balaban J connectivity index is 0.000000246. The van der Waals surface area contributed by atoms with E-state index < -0.39 is 144 Å². The Labute approximate surface area is 367 Å². The number of nitrogens with zero attached hydrogens (tertiary/aromatic N) is 1. The van der Waals surface area contributed by atoms with Gasteiger partial charge in [0.05, 0.1) is 5.39 Å². The maximum Gasteiger partial charge on any atom is 0.220 e. The quantitative estimate of drug-likeness (QED) is 0.0493. The molecule has 22 heteroatoms. The normalized spacial score (nSPS) is 11.6. The fourth-order valence-corrected chi connectivity index (χ4v) is 7.96. The van der Waals surface area contributed by atoms with Gasteiger partial charge in [-0.05, 0) is 23.6 Å². The van der Waals surface area contributed by atoms with Gasteiger partial charge < -0.3 is 0 Å². The van der Waals surface area contributed by atoms with Crippen molar-refractivity contribution in [3.63, 3.8) is 0 Å². The highest BCUT2D eigenvalue weighted by Gasteiger charge is 2.52. The Hall–Kier alpha value is -7.39. The Morgan fingerprint density at radius 1 is 0.294 bits per heavy atom. The molecular formula is C46H18BF20N. The predicted molar refractivity (Wildman–Crippen MR) is 204 cm³/mol. The van der Waals surface area contributed by atoms with Gasteiger partial charge in [0.25, 0.3) is 0 Å². The summed E-state index contributed by atoms with van der Waals surface area (Å²) in [6, 6.07) is 32.0. The number of fused-ring (bicyclic) bond motifs is 1. The van der Waals surface area contributed by atoms with Crippen molar-refractivity contribution in [2.75, 3.05) is 0 Å². The minimum Gasteiger partial charge on any atom is -0.207 e. The maximum absolute atomic E-state index is 15.4. The third-order valence-corrected chi connectivity index (χ3v) is 10.9. The van der Waals surface area contributed by atoms with E-state index in [1.165, 1.54) is 27.6 Å². The fourth-order valence-electron chi connectivity index (χ4n) is 7.96. The van der Waals surface area contributed by atoms with Crippen LogP contribution >= 0.6 is 0 Å². The molecule has 0 aliphatic heterocycles. The second-order valence-electron chi connectivity index (χ2n) is 14.5. The van der Waals surface area contributed by atoms with E-state index in [0.717, 1.165) is 6.54 Å². The lowest BCUT2D eigenvalue weighted by Crippen LogP contribution is -2.81. The van der Waals surface area contributed by atoms with E-state index >= 15 is 35.1 Å². The molecule has 0 radical (unpaired) electrons. The van der Waals surface area contributed by atoms with Crippen LogP contribution in [0.4, 0.5) is 87.8 Å². The van der Waals surface area contributed by atoms with Crippen molar-refractivity contribution in [2.45, 2.75) is 6.54 Å². The molecule has 0 N–H and O–H groups in total. The molecule has 8 aromatic rings. The molecule has 68 heavy (non-hydrogen) atoms. The van der Waals surface area contributed by atoms with Crippen molar-refractivity contribution in [1.29, 1.82) is 0 Å². The Morgan fingerprint density at radius 3 is 0.912 bits per heavy atom. The van der Waals surface area contributed by atoms with Crippen molar-refractivity contribution in [1.82, 2.24) is 0 Å². The van der Waals surface area contributed by atoms with Gasteiger partial charge in [0.15, 0.2) is 82.5 Å². The number of hydrogen-bond acceptors (Lipinski definition) is 0. The minimum absolute atomic E-state index is 0.871. The van der Waals surface area contributed by atoms with Crippen molar-refractivity contribution >= 4 is 38.8 Å². The van der Waals surface area contributed by atoms with E-state index in [9.17, 15) is 52.7 Å². The average Bonchev–Trinajstić information content (AvgIpc) is 3.34. The highest BCUT2D eigenvalue weighted by Crippen LogP contribution is 2.31. The molecule has 0 unspecified atom stereocenters. The van der Waals surface area contributed by atoms with Crippen molar-refractivity contribution in [3.8, 4) is 11.3 Å². The zero-order chi connectivity index (χ0) is 49.8. The van der Waals surface area contributed by atoms with Crippen molar-refractivity contribution < 1.29 is 92.4 Å². The highest BCUT2D eigenvalue weighted by atomic mass is 19.2. The summed E-state index contributed by atoms with van der Waals surface area (Å²) in [4.78, 5) is 0. The molecule has 350 valence electrons. The number of benzene rings is 7. The number of hydrogen-bond donors (Lipinski definition) is 0. The summed E-state index contributed by atoms with van der Waals surface area (Å²) >= 11 is 0. The van der Waals surface area contributed by atoms with E-state index in [0.29, 0.717) is 0 Å². The van der Waals surface area contributed by atoms with Crippen LogP contribution in [-0.4, -0.2) is 6.15 Å². The van der Waals surface area contributed by atoms with Crippen molar-refractivity contribution in [3.05, 3.63) is 219 Å². The molecule has 0 saturated heterocycles. The van der Waals surface area contributed by atoms with Gasteiger partial charge in [0.1, 0.15) is 52.7 Å². The van der Waals surface area contributed by atoms with Crippen molar-refractivity contribution in [2.24, 2.45) is 0 Å². The van der Waals surface area contributed by atoms with Gasteiger partial charge in [-0.3, -0.25) is 0 Å². The molecule has 1 nitrogen and oxygen atoms in total. The van der Waals surface area contributed by atoms with Crippen LogP contribution in [0.25, 0.3) is 22.0 Å². The third kappa shape index (κ3) is 7.54. The molecule has 0 bridgehead atoms. The minimum atomic E-state index is -7.22. The Kier molecular flexibility index (Phi) is 13.1. The smallest absolute Gasteiger partial charge is 0.207 e. The van der Waals surface area contributed by atoms with Crippen LogP contribution in [0.2, 0.25) is 0 Å². The van der Waals surface area contributed by atoms with Crippen LogP contribution in [0, 0.1) is 116 Å². The Morgan fingerprint density at radius 2 is 0.574 bits per heavy atom. The zero-order valence-corrected chi connectivity index (χ0v) is 33.0. The second-order valence-corrected chi connectivity index (χ2v) is 14.5. The molecule has 8 rings (SSSR count). The first-order chi connectivity index (χ1) is 32.1. The van der Waals surface area contributed by atoms with E-state index in [1.807, 2.05) is 0 Å². The van der Waals surface area contributed by atoms with Gasteiger partial charge >= 0.3 is 0 Å². The molecule has 0 aliphatic rings. The van der Waals surface area contributed by atoms with E-state index in [4.69, 9.17) is 0 Å². The molecular weight excluding hydrogens is 957 g/mol. The van der Waals surface area contributed by atoms with Crippen LogP contribution in [0.1, 0.15) is 5.56 Å². The van der Waals surface area contributed by atoms with Gasteiger partial charge in [-0.2, -0.15) is 4.57 Å². The van der Waals surface area contributed by atoms with E-state index in [1.54, 1.807) is 0 Å². The lowest BCUT2D eigenvalue weighted by Gasteiger charge is -2.44. The SMILES string of the molecule is Fc1c(F)c(F)c([B-](c2c(F)c(F)c(F)c(F)c2F)(c2c(F)c(F)c(F)c(F)c2F)c2c(F)c(F)c(F)c(F)c2F)c(F)c1F.c1ccc(C[n+]2ccc3ccccc3c2-c2ccccc2)cc1. The number of pyridine rings is 1. The standard InChI is InChI=1S/C24BF20.C22H18N/c26-5-1(6(27)14(35)21(42)13(5)34)25(2-7(28)15(36)22(43)16(37)8(2)29,3-9(30)17(38)23(44)18(39)10(3)31)4-11(32)19(40)24(45)20(41)12(4)33;1-3-9-18(10-4-1)17-23-16-15-19-11-7-8-14-21(19)22(23)20-12-5-2-6-13-20/h;1-16H,17H2/q-1;+1. The molecule has 7 aromatic carbocycles. The summed E-state index contributed by atoms with van der Waals surface area (Å²) in [6.07, 6.45) is -5.02. The van der Waals surface area contributed by atoms with Crippen LogP contribution in [0.3, 0.4) is 0 Å². The molecule has 1 heterocycles. The number of halogens is 20. The third-order valence-electron chi connectivity index (χ3n) is 10.9. The fraction of sp³-hybridized carbons (Fsp3) is 0.0217. The average molecular weight is 975 g/mol. The van der Waals surface area contributed by atoms with E-state index in [-0.39, 0.29) is 0 Å². The number of rotatable bonds is 7. The second kappa shape index (κ2) is 18.4. The lowest BCUT2D eigenvalue weighted by atomic mass is 9.12. The van der Waals surface area contributed by atoms with Gasteiger partial charge in [0.2, 0.25) is 5.69 Å². The predicted octanol–water partition coefficient (Wildman–Crippen LogP) is 10.7. The summed E-state index contributed by atoms with van der Waals surface area (Å²) in [5.41, 5.74) is -10.5. The summed E-state index contributed by atoms with van der Waals surface area (Å²) in [5.74, 6) is -71.4. The lowest BCUT2D eigenvalue weighted by molar-refractivity contribution is -0.676. The zero-order valence-electron chi connectivity index (χ0n) is 33.0. The summed E-state index contributed by atoms with van der Waals surface area (Å²) in [6.45, 7) is 0.871. The van der Waals surface area contributed by atoms with Crippen LogP contribution in [0.5, 0.6) is 0 Å². The topological polar surface area (TPSA) is 3.88 Å². The van der Waals surface area contributed by atoms with Gasteiger partial charge in [-0.15, -0.1) is 21.9 Å². The van der Waals surface area contributed by atoms with Crippen LogP contribution in [0.15, 0.2) is 97.2 Å². The first-order valence-electron chi connectivity index (χ1n) is 18.9. The number of aromatic nitrogens is 1. The molecule has 0 spiro atoms. The van der Waals surface area contributed by atoms with E-state index in [2.05, 4.69) is 102 Å². The van der Waals surface area contributed by atoms with Gasteiger partial charge in [-0.1, -0.05) is 66.7 Å². The summed E-state index contributed by atoms with van der Waals surface area (Å²) in [5, 5.41) is 2.56. The summed E-state index contributed by atoms with van der Waals surface area (Å²) in [7, 11) is 0. The first kappa shape index (κ1) is 48.5. The summed E-state index contributed by atoms with van der Waals surface area (Å²) < 4.78 is 296.